The number of allylic oxidation sites excluding steroid dienone is 1. The minimum atomic E-state index is -0.853. The summed E-state index contributed by atoms with van der Waals surface area (Å²) in [6.07, 6.45) is 5.08. The molecule has 0 aromatic carbocycles. The Bertz CT molecular complexity index is 400. The van der Waals surface area contributed by atoms with Gasteiger partial charge in [0.25, 0.3) is 5.91 Å². The van der Waals surface area contributed by atoms with E-state index < -0.39 is 24.1 Å². The topological polar surface area (TPSA) is 75.7 Å². The van der Waals surface area contributed by atoms with Crippen LogP contribution in [-0.4, -0.2) is 54.0 Å². The summed E-state index contributed by atoms with van der Waals surface area (Å²) in [6, 6.07) is -1.96. The third kappa shape index (κ3) is 3.75. The molecule has 7 heteroatoms. The average molecular weight is 300 g/mol. The number of carbonyl (C=O) groups excluding carboxylic acids is 3. The van der Waals surface area contributed by atoms with Crippen molar-refractivity contribution in [1.82, 2.24) is 10.2 Å². The van der Waals surface area contributed by atoms with Gasteiger partial charge < -0.3 is 10.1 Å². The molecule has 0 aromatic heterocycles. The third-order valence-electron chi connectivity index (χ3n) is 3.09. The van der Waals surface area contributed by atoms with Crippen LogP contribution in [0.1, 0.15) is 19.3 Å². The Hall–Kier alpha value is -1.50. The normalized spacial score (nSPS) is 19.7. The van der Waals surface area contributed by atoms with Crippen LogP contribution in [0.4, 0.5) is 4.79 Å². The van der Waals surface area contributed by atoms with Crippen molar-refractivity contribution in [3.8, 4) is 0 Å². The Balaban J connectivity index is 2.83. The van der Waals surface area contributed by atoms with Crippen LogP contribution < -0.4 is 5.32 Å². The van der Waals surface area contributed by atoms with E-state index in [0.717, 1.165) is 4.90 Å². The van der Waals surface area contributed by atoms with Gasteiger partial charge >= 0.3 is 12.0 Å². The standard InChI is InChI=1S/C13H20N2O4S/c1-4-5-6-9-11(16)15(13(18)14-9)10(7-8-20-3)12(17)19-2/h4,9-10H,1,5-8H2,2-3H3,(H,14,18)/t9?,10-/m0/s1. The van der Waals surface area contributed by atoms with E-state index in [2.05, 4.69) is 11.9 Å². The predicted octanol–water partition coefficient (Wildman–Crippen LogP) is 1.17. The molecule has 112 valence electrons. The molecule has 0 aromatic rings. The Kier molecular flexibility index (Phi) is 6.57. The van der Waals surface area contributed by atoms with E-state index >= 15 is 0 Å². The zero-order valence-electron chi connectivity index (χ0n) is 11.8. The maximum Gasteiger partial charge on any atom is 0.329 e. The Morgan fingerprint density at radius 3 is 2.85 bits per heavy atom. The summed E-state index contributed by atoms with van der Waals surface area (Å²) >= 11 is 1.54. The van der Waals surface area contributed by atoms with Crippen LogP contribution in [0.5, 0.6) is 0 Å². The van der Waals surface area contributed by atoms with Crippen molar-refractivity contribution < 1.29 is 19.1 Å². The molecule has 1 heterocycles. The highest BCUT2D eigenvalue weighted by molar-refractivity contribution is 7.98. The molecule has 1 aliphatic heterocycles. The molecule has 0 saturated carbocycles. The maximum atomic E-state index is 12.2. The molecule has 3 amide bonds. The number of carbonyl (C=O) groups is 3. The number of amides is 3. The maximum absolute atomic E-state index is 12.2. The molecule has 0 spiro atoms. The van der Waals surface area contributed by atoms with Crippen LogP contribution >= 0.6 is 11.8 Å². The Labute approximate surface area is 122 Å². The molecule has 1 rings (SSSR count). The number of nitrogens with one attached hydrogen (secondary N) is 1. The first-order chi connectivity index (χ1) is 9.56. The van der Waals surface area contributed by atoms with Crippen LogP contribution in [0.2, 0.25) is 0 Å². The molecule has 0 aliphatic carbocycles. The van der Waals surface area contributed by atoms with Crippen molar-refractivity contribution in [3.63, 3.8) is 0 Å². The Morgan fingerprint density at radius 2 is 2.30 bits per heavy atom. The van der Waals surface area contributed by atoms with Gasteiger partial charge in [-0.1, -0.05) is 6.08 Å². The fourth-order valence-electron chi connectivity index (χ4n) is 2.04. The van der Waals surface area contributed by atoms with Crippen LogP contribution in [0.15, 0.2) is 12.7 Å². The predicted molar refractivity (Wildman–Crippen MR) is 77.4 cm³/mol. The van der Waals surface area contributed by atoms with Gasteiger partial charge in [-0.15, -0.1) is 6.58 Å². The lowest BCUT2D eigenvalue weighted by molar-refractivity contribution is -0.149. The van der Waals surface area contributed by atoms with Crippen LogP contribution in [0.3, 0.4) is 0 Å². The van der Waals surface area contributed by atoms with Crippen LogP contribution in [0, 0.1) is 0 Å². The summed E-state index contributed by atoms with van der Waals surface area (Å²) in [6.45, 7) is 3.59. The second-order valence-corrected chi connectivity index (χ2v) is 5.38. The molecule has 1 unspecified atom stereocenters. The van der Waals surface area contributed by atoms with Gasteiger partial charge in [0.05, 0.1) is 7.11 Å². The van der Waals surface area contributed by atoms with Crippen molar-refractivity contribution in [2.45, 2.75) is 31.3 Å². The number of rotatable bonds is 8. The van der Waals surface area contributed by atoms with Crippen LogP contribution in [-0.2, 0) is 14.3 Å². The molecule has 2 atom stereocenters. The second kappa shape index (κ2) is 7.94. The number of hydrogen-bond acceptors (Lipinski definition) is 5. The lowest BCUT2D eigenvalue weighted by Crippen LogP contribution is -2.46. The highest BCUT2D eigenvalue weighted by atomic mass is 32.2. The molecule has 1 saturated heterocycles. The van der Waals surface area contributed by atoms with Gasteiger partial charge in [-0.3, -0.25) is 4.79 Å². The fraction of sp³-hybridized carbons (Fsp3) is 0.615. The van der Waals surface area contributed by atoms with Crippen molar-refractivity contribution in [1.29, 1.82) is 0 Å². The summed E-state index contributed by atoms with van der Waals surface area (Å²) < 4.78 is 4.70. The summed E-state index contributed by atoms with van der Waals surface area (Å²) in [4.78, 5) is 37.0. The molecule has 1 fully saturated rings. The SMILES string of the molecule is C=CCCC1NC(=O)N([C@@H](CCSC)C(=O)OC)C1=O. The number of methoxy groups -OCH3 is 1. The number of esters is 1. The van der Waals surface area contributed by atoms with E-state index in [0.29, 0.717) is 25.0 Å². The lowest BCUT2D eigenvalue weighted by Gasteiger charge is -2.22. The molecule has 0 bridgehead atoms. The third-order valence-corrected chi connectivity index (χ3v) is 3.74. The first kappa shape index (κ1) is 16.6. The number of imide groups is 1. The fourth-order valence-corrected chi connectivity index (χ4v) is 2.50. The van der Waals surface area contributed by atoms with E-state index in [1.807, 2.05) is 6.26 Å². The number of ether oxygens (including phenoxy) is 1. The Morgan fingerprint density at radius 1 is 1.60 bits per heavy atom. The molecule has 1 N–H and O–H groups in total. The van der Waals surface area contributed by atoms with E-state index in [4.69, 9.17) is 4.74 Å². The monoisotopic (exact) mass is 300 g/mol. The number of nitrogens with zero attached hydrogens (tertiary/aromatic N) is 1. The first-order valence-electron chi connectivity index (χ1n) is 6.38. The van der Waals surface area contributed by atoms with Crippen molar-refractivity contribution in [2.75, 3.05) is 19.1 Å². The van der Waals surface area contributed by atoms with Crippen molar-refractivity contribution in [3.05, 3.63) is 12.7 Å². The first-order valence-corrected chi connectivity index (χ1v) is 7.77. The number of thioether (sulfide) groups is 1. The molecule has 1 aliphatic rings. The summed E-state index contributed by atoms with van der Waals surface area (Å²) in [7, 11) is 1.25. The quantitative estimate of drug-likeness (QED) is 0.414. The van der Waals surface area contributed by atoms with Crippen molar-refractivity contribution in [2.24, 2.45) is 0 Å². The minimum absolute atomic E-state index is 0.367. The van der Waals surface area contributed by atoms with Gasteiger partial charge in [0.15, 0.2) is 0 Å². The van der Waals surface area contributed by atoms with Gasteiger partial charge in [-0.05, 0) is 31.3 Å². The molecule has 20 heavy (non-hydrogen) atoms. The number of urea groups is 1. The highest BCUT2D eigenvalue weighted by Crippen LogP contribution is 2.18. The molecule has 6 nitrogen and oxygen atoms in total. The number of hydrogen-bond donors (Lipinski definition) is 1. The van der Waals surface area contributed by atoms with Gasteiger partial charge in [-0.25, -0.2) is 14.5 Å². The van der Waals surface area contributed by atoms with Gasteiger partial charge in [-0.2, -0.15) is 11.8 Å². The van der Waals surface area contributed by atoms with E-state index in [1.165, 1.54) is 7.11 Å². The lowest BCUT2D eigenvalue weighted by atomic mass is 10.1. The zero-order valence-corrected chi connectivity index (χ0v) is 12.6. The molecular weight excluding hydrogens is 280 g/mol. The van der Waals surface area contributed by atoms with E-state index in [1.54, 1.807) is 17.8 Å². The van der Waals surface area contributed by atoms with Gasteiger partial charge in [0, 0.05) is 0 Å². The van der Waals surface area contributed by atoms with Gasteiger partial charge in [0.2, 0.25) is 0 Å². The van der Waals surface area contributed by atoms with E-state index in [9.17, 15) is 14.4 Å². The highest BCUT2D eigenvalue weighted by Gasteiger charge is 2.44. The summed E-state index contributed by atoms with van der Waals surface area (Å²) in [5, 5.41) is 2.60. The van der Waals surface area contributed by atoms with Crippen LogP contribution in [0.25, 0.3) is 0 Å². The van der Waals surface area contributed by atoms with Gasteiger partial charge in [0.1, 0.15) is 12.1 Å². The van der Waals surface area contributed by atoms with Crippen molar-refractivity contribution >= 4 is 29.7 Å². The zero-order chi connectivity index (χ0) is 15.1. The second-order valence-electron chi connectivity index (χ2n) is 4.40. The average Bonchev–Trinajstić information content (AvgIpc) is 2.72. The largest absolute Gasteiger partial charge is 0.467 e. The summed E-state index contributed by atoms with van der Waals surface area (Å²) in [5.41, 5.74) is 0. The minimum Gasteiger partial charge on any atom is -0.467 e. The smallest absolute Gasteiger partial charge is 0.329 e. The molecule has 0 radical (unpaired) electrons. The molecular formula is C13H20N2O4S. The van der Waals surface area contributed by atoms with E-state index in [-0.39, 0.29) is 5.91 Å². The summed E-state index contributed by atoms with van der Waals surface area (Å²) in [5.74, 6) is -0.269.